The Balaban J connectivity index is 2.29. The molecule has 1 saturated heterocycles. The van der Waals surface area contributed by atoms with E-state index in [1.807, 2.05) is 0 Å². The fourth-order valence-corrected chi connectivity index (χ4v) is 2.77. The number of nitrogens with two attached hydrogens (primary N) is 1. The number of piperazine rings is 1. The number of likely N-dealkylation sites (N-methyl/N-ethyl adjacent to an activating group) is 1. The molecular weight excluding hydrogens is 222 g/mol. The summed E-state index contributed by atoms with van der Waals surface area (Å²) in [5.41, 5.74) is 8.75. The van der Waals surface area contributed by atoms with Crippen molar-refractivity contribution in [3.8, 4) is 0 Å². The van der Waals surface area contributed by atoms with Gasteiger partial charge in [-0.2, -0.15) is 0 Å². The van der Waals surface area contributed by atoms with Gasteiger partial charge in [-0.05, 0) is 24.6 Å². The number of hydrogen-bond acceptors (Lipinski definition) is 3. The van der Waals surface area contributed by atoms with Gasteiger partial charge in [0.25, 0.3) is 0 Å². The molecule has 100 valence electrons. The third-order valence-electron chi connectivity index (χ3n) is 3.83. The second-order valence-corrected chi connectivity index (χ2v) is 5.56. The minimum absolute atomic E-state index is 0.434. The molecule has 2 N–H and O–H groups in total. The zero-order chi connectivity index (χ0) is 13.1. The fraction of sp³-hybridized carbons (Fsp3) is 0.600. The number of rotatable bonds is 3. The molecule has 0 amide bonds. The molecule has 1 aromatic rings. The summed E-state index contributed by atoms with van der Waals surface area (Å²) in [5.74, 6) is 0.555. The summed E-state index contributed by atoms with van der Waals surface area (Å²) in [6, 6.07) is 9.18. The average molecular weight is 247 g/mol. The first-order valence-electron chi connectivity index (χ1n) is 6.87. The Morgan fingerprint density at radius 3 is 2.67 bits per heavy atom. The molecule has 3 heteroatoms. The Labute approximate surface area is 111 Å². The van der Waals surface area contributed by atoms with Gasteiger partial charge in [-0.25, -0.2) is 0 Å². The molecule has 2 rings (SSSR count). The number of anilines is 1. The SMILES string of the molecule is CC(C)c1ccccc1N1CCN(C)CC1CN. The van der Waals surface area contributed by atoms with Crippen molar-refractivity contribution in [1.82, 2.24) is 4.90 Å². The van der Waals surface area contributed by atoms with Gasteiger partial charge >= 0.3 is 0 Å². The summed E-state index contributed by atoms with van der Waals surface area (Å²) in [4.78, 5) is 4.86. The lowest BCUT2D eigenvalue weighted by molar-refractivity contribution is 0.269. The van der Waals surface area contributed by atoms with Crippen molar-refractivity contribution < 1.29 is 0 Å². The highest BCUT2D eigenvalue weighted by Gasteiger charge is 2.25. The van der Waals surface area contributed by atoms with Gasteiger partial charge in [-0.1, -0.05) is 32.0 Å². The lowest BCUT2D eigenvalue weighted by atomic mass is 9.99. The van der Waals surface area contributed by atoms with Crippen molar-refractivity contribution in [3.05, 3.63) is 29.8 Å². The Bertz CT molecular complexity index is 389. The lowest BCUT2D eigenvalue weighted by Gasteiger charge is -2.42. The average Bonchev–Trinajstić information content (AvgIpc) is 2.38. The Kier molecular flexibility index (Phi) is 4.25. The predicted octanol–water partition coefficient (Wildman–Crippen LogP) is 1.89. The van der Waals surface area contributed by atoms with Crippen LogP contribution in [0.2, 0.25) is 0 Å². The van der Waals surface area contributed by atoms with Gasteiger partial charge in [0.2, 0.25) is 0 Å². The zero-order valence-corrected chi connectivity index (χ0v) is 11.8. The predicted molar refractivity (Wildman–Crippen MR) is 78.2 cm³/mol. The van der Waals surface area contributed by atoms with Gasteiger partial charge in [0.15, 0.2) is 0 Å². The van der Waals surface area contributed by atoms with E-state index in [2.05, 4.69) is 55.0 Å². The van der Waals surface area contributed by atoms with E-state index >= 15 is 0 Å². The molecule has 1 heterocycles. The molecule has 0 bridgehead atoms. The van der Waals surface area contributed by atoms with E-state index in [-0.39, 0.29) is 0 Å². The van der Waals surface area contributed by atoms with E-state index in [9.17, 15) is 0 Å². The van der Waals surface area contributed by atoms with Gasteiger partial charge in [0, 0.05) is 31.9 Å². The maximum atomic E-state index is 5.95. The molecule has 0 radical (unpaired) electrons. The van der Waals surface area contributed by atoms with Gasteiger partial charge in [-0.3, -0.25) is 0 Å². The first kappa shape index (κ1) is 13.4. The maximum absolute atomic E-state index is 5.95. The van der Waals surface area contributed by atoms with Crippen LogP contribution in [0.5, 0.6) is 0 Å². The topological polar surface area (TPSA) is 32.5 Å². The Morgan fingerprint density at radius 1 is 1.28 bits per heavy atom. The second-order valence-electron chi connectivity index (χ2n) is 5.56. The summed E-state index contributed by atoms with van der Waals surface area (Å²) in [5, 5.41) is 0. The van der Waals surface area contributed by atoms with Crippen LogP contribution in [0.4, 0.5) is 5.69 Å². The lowest BCUT2D eigenvalue weighted by Crippen LogP contribution is -2.55. The molecular formula is C15H25N3. The van der Waals surface area contributed by atoms with E-state index in [0.29, 0.717) is 12.0 Å². The molecule has 3 nitrogen and oxygen atoms in total. The van der Waals surface area contributed by atoms with Gasteiger partial charge in [0.1, 0.15) is 0 Å². The fourth-order valence-electron chi connectivity index (χ4n) is 2.77. The highest BCUT2D eigenvalue weighted by Crippen LogP contribution is 2.29. The van der Waals surface area contributed by atoms with E-state index in [1.54, 1.807) is 0 Å². The first-order valence-corrected chi connectivity index (χ1v) is 6.87. The van der Waals surface area contributed by atoms with Crippen LogP contribution in [0.3, 0.4) is 0 Å². The van der Waals surface area contributed by atoms with Crippen molar-refractivity contribution in [2.45, 2.75) is 25.8 Å². The minimum Gasteiger partial charge on any atom is -0.364 e. The number of para-hydroxylation sites is 1. The summed E-state index contributed by atoms with van der Waals surface area (Å²) in [6.07, 6.45) is 0. The van der Waals surface area contributed by atoms with Crippen molar-refractivity contribution >= 4 is 5.69 Å². The number of hydrogen-bond donors (Lipinski definition) is 1. The molecule has 1 atom stereocenters. The second kappa shape index (κ2) is 5.72. The molecule has 18 heavy (non-hydrogen) atoms. The number of nitrogens with zero attached hydrogens (tertiary/aromatic N) is 2. The third-order valence-corrected chi connectivity index (χ3v) is 3.83. The van der Waals surface area contributed by atoms with Gasteiger partial charge in [0.05, 0.1) is 6.04 Å². The molecule has 0 aliphatic carbocycles. The Hall–Kier alpha value is -1.06. The van der Waals surface area contributed by atoms with E-state index in [4.69, 9.17) is 5.73 Å². The van der Waals surface area contributed by atoms with Crippen LogP contribution in [0.25, 0.3) is 0 Å². The van der Waals surface area contributed by atoms with Crippen LogP contribution < -0.4 is 10.6 Å². The Morgan fingerprint density at radius 2 is 2.00 bits per heavy atom. The van der Waals surface area contributed by atoms with Crippen molar-refractivity contribution in [1.29, 1.82) is 0 Å². The van der Waals surface area contributed by atoms with Crippen molar-refractivity contribution in [2.24, 2.45) is 5.73 Å². The highest BCUT2D eigenvalue weighted by atomic mass is 15.3. The first-order chi connectivity index (χ1) is 8.63. The molecule has 1 aromatic carbocycles. The summed E-state index contributed by atoms with van der Waals surface area (Å²) in [6.45, 7) is 8.48. The molecule has 1 fully saturated rings. The minimum atomic E-state index is 0.434. The largest absolute Gasteiger partial charge is 0.364 e. The summed E-state index contributed by atoms with van der Waals surface area (Å²) in [7, 11) is 2.17. The molecule has 1 unspecified atom stereocenters. The number of benzene rings is 1. The molecule has 1 aliphatic heterocycles. The van der Waals surface area contributed by atoms with Crippen molar-refractivity contribution in [2.75, 3.05) is 38.1 Å². The molecule has 0 spiro atoms. The molecule has 1 aliphatic rings. The van der Waals surface area contributed by atoms with Crippen LogP contribution >= 0.6 is 0 Å². The van der Waals surface area contributed by atoms with Crippen LogP contribution in [0.1, 0.15) is 25.3 Å². The highest BCUT2D eigenvalue weighted by molar-refractivity contribution is 5.56. The van der Waals surface area contributed by atoms with Gasteiger partial charge in [-0.15, -0.1) is 0 Å². The quantitative estimate of drug-likeness (QED) is 0.885. The van der Waals surface area contributed by atoms with Crippen LogP contribution in [0, 0.1) is 0 Å². The van der Waals surface area contributed by atoms with Crippen LogP contribution in [-0.2, 0) is 0 Å². The third kappa shape index (κ3) is 2.68. The van der Waals surface area contributed by atoms with Gasteiger partial charge < -0.3 is 15.5 Å². The zero-order valence-electron chi connectivity index (χ0n) is 11.8. The van der Waals surface area contributed by atoms with E-state index in [1.165, 1.54) is 11.3 Å². The standard InChI is InChI=1S/C15H25N3/c1-12(2)14-6-4-5-7-15(14)18-9-8-17(3)11-13(18)10-16/h4-7,12-13H,8-11,16H2,1-3H3. The molecule has 0 saturated carbocycles. The van der Waals surface area contributed by atoms with Crippen molar-refractivity contribution in [3.63, 3.8) is 0 Å². The van der Waals surface area contributed by atoms with Crippen LogP contribution in [0.15, 0.2) is 24.3 Å². The monoisotopic (exact) mass is 247 g/mol. The van der Waals surface area contributed by atoms with Crippen LogP contribution in [-0.4, -0.2) is 44.2 Å². The maximum Gasteiger partial charge on any atom is 0.0539 e. The summed E-state index contributed by atoms with van der Waals surface area (Å²) >= 11 is 0. The summed E-state index contributed by atoms with van der Waals surface area (Å²) < 4.78 is 0. The smallest absolute Gasteiger partial charge is 0.0539 e. The molecule has 0 aromatic heterocycles. The van der Waals surface area contributed by atoms with E-state index < -0.39 is 0 Å². The van der Waals surface area contributed by atoms with E-state index in [0.717, 1.165) is 26.2 Å². The normalized spacial score (nSPS) is 21.6.